The molecule has 0 spiro atoms. The number of para-hydroxylation sites is 1. The van der Waals surface area contributed by atoms with E-state index in [1.807, 2.05) is 36.4 Å². The van der Waals surface area contributed by atoms with Gasteiger partial charge in [-0.05, 0) is 37.1 Å². The van der Waals surface area contributed by atoms with E-state index in [0.717, 1.165) is 23.8 Å². The number of carbonyl (C=O) groups excluding carboxylic acids is 2. The molecule has 0 bridgehead atoms. The summed E-state index contributed by atoms with van der Waals surface area (Å²) in [6.45, 7) is 0. The fraction of sp³-hybridized carbons (Fsp3) is 0.158. The van der Waals surface area contributed by atoms with Crippen molar-refractivity contribution in [3.05, 3.63) is 60.4 Å². The van der Waals surface area contributed by atoms with Gasteiger partial charge in [-0.1, -0.05) is 18.2 Å². The molecular formula is C19H16N4O2. The monoisotopic (exact) mass is 332 g/mol. The second-order valence-corrected chi connectivity index (χ2v) is 6.03. The molecule has 1 aliphatic carbocycles. The Morgan fingerprint density at radius 1 is 1.04 bits per heavy atom. The Kier molecular flexibility index (Phi) is 3.85. The first-order chi connectivity index (χ1) is 12.2. The lowest BCUT2D eigenvalue weighted by Crippen LogP contribution is -2.42. The largest absolute Gasteiger partial charge is 0.273 e. The van der Waals surface area contributed by atoms with Gasteiger partial charge in [-0.15, -0.1) is 0 Å². The van der Waals surface area contributed by atoms with Crippen LogP contribution < -0.4 is 10.9 Å². The molecule has 3 aromatic rings. The number of nitrogens with zero attached hydrogens (tertiary/aromatic N) is 2. The van der Waals surface area contributed by atoms with Gasteiger partial charge in [-0.3, -0.25) is 25.4 Å². The third-order valence-corrected chi connectivity index (χ3v) is 4.17. The Hall–Kier alpha value is -3.28. The SMILES string of the molecule is O=C(NNC(=O)C1CC1)c1cc(-c2cccnc2)nc2ccccc12. The van der Waals surface area contributed by atoms with E-state index in [-0.39, 0.29) is 17.7 Å². The molecule has 2 heterocycles. The summed E-state index contributed by atoms with van der Waals surface area (Å²) in [5, 5.41) is 0.730. The van der Waals surface area contributed by atoms with Gasteiger partial charge in [0.15, 0.2) is 0 Å². The minimum Gasteiger partial charge on any atom is -0.273 e. The number of hydrazine groups is 1. The van der Waals surface area contributed by atoms with Gasteiger partial charge in [0.05, 0.1) is 16.8 Å². The van der Waals surface area contributed by atoms with Gasteiger partial charge in [0.2, 0.25) is 5.91 Å². The van der Waals surface area contributed by atoms with Crippen LogP contribution in [0.2, 0.25) is 0 Å². The number of nitrogens with one attached hydrogen (secondary N) is 2. The Morgan fingerprint density at radius 2 is 1.88 bits per heavy atom. The number of aromatic nitrogens is 2. The highest BCUT2D eigenvalue weighted by Crippen LogP contribution is 2.28. The van der Waals surface area contributed by atoms with E-state index in [9.17, 15) is 9.59 Å². The quantitative estimate of drug-likeness (QED) is 0.722. The number of amides is 2. The molecule has 0 atom stereocenters. The maximum absolute atomic E-state index is 12.6. The standard InChI is InChI=1S/C19H16N4O2/c24-18(12-7-8-12)22-23-19(25)15-10-17(13-4-3-9-20-11-13)21-16-6-2-1-5-14(15)16/h1-6,9-12H,7-8H2,(H,22,24)(H,23,25). The van der Waals surface area contributed by atoms with E-state index in [1.165, 1.54) is 0 Å². The molecule has 25 heavy (non-hydrogen) atoms. The van der Waals surface area contributed by atoms with E-state index < -0.39 is 0 Å². The summed E-state index contributed by atoms with van der Waals surface area (Å²) in [5.74, 6) is -0.475. The first-order valence-corrected chi connectivity index (χ1v) is 8.13. The smallest absolute Gasteiger partial charge is 0.270 e. The lowest BCUT2D eigenvalue weighted by molar-refractivity contribution is -0.123. The first kappa shape index (κ1) is 15.3. The van der Waals surface area contributed by atoms with Gasteiger partial charge in [-0.25, -0.2) is 4.98 Å². The van der Waals surface area contributed by atoms with Crippen molar-refractivity contribution in [2.24, 2.45) is 5.92 Å². The van der Waals surface area contributed by atoms with Crippen LogP contribution in [0.4, 0.5) is 0 Å². The fourth-order valence-corrected chi connectivity index (χ4v) is 2.66. The van der Waals surface area contributed by atoms with Crippen molar-refractivity contribution in [1.29, 1.82) is 0 Å². The predicted molar refractivity (Wildman–Crippen MR) is 93.3 cm³/mol. The van der Waals surface area contributed by atoms with Crippen LogP contribution in [-0.2, 0) is 4.79 Å². The van der Waals surface area contributed by atoms with Crippen molar-refractivity contribution in [3.63, 3.8) is 0 Å². The van der Waals surface area contributed by atoms with Crippen molar-refractivity contribution in [2.45, 2.75) is 12.8 Å². The van der Waals surface area contributed by atoms with Crippen LogP contribution in [0.15, 0.2) is 54.9 Å². The minimum absolute atomic E-state index is 0.0282. The highest BCUT2D eigenvalue weighted by atomic mass is 16.2. The number of hydrogen-bond acceptors (Lipinski definition) is 4. The van der Waals surface area contributed by atoms with Gasteiger partial charge in [0, 0.05) is 29.3 Å². The van der Waals surface area contributed by atoms with Crippen LogP contribution in [0.5, 0.6) is 0 Å². The molecule has 0 radical (unpaired) electrons. The molecule has 2 aromatic heterocycles. The highest BCUT2D eigenvalue weighted by molar-refractivity contribution is 6.07. The van der Waals surface area contributed by atoms with Crippen molar-refractivity contribution in [2.75, 3.05) is 0 Å². The predicted octanol–water partition coefficient (Wildman–Crippen LogP) is 2.47. The summed E-state index contributed by atoms with van der Waals surface area (Å²) in [5.41, 5.74) is 7.66. The molecule has 1 saturated carbocycles. The average Bonchev–Trinajstić information content (AvgIpc) is 3.51. The van der Waals surface area contributed by atoms with Crippen LogP contribution in [0.3, 0.4) is 0 Å². The summed E-state index contributed by atoms with van der Waals surface area (Å²) < 4.78 is 0. The summed E-state index contributed by atoms with van der Waals surface area (Å²) in [7, 11) is 0. The zero-order valence-corrected chi connectivity index (χ0v) is 13.4. The van der Waals surface area contributed by atoms with Gasteiger partial charge >= 0.3 is 0 Å². The summed E-state index contributed by atoms with van der Waals surface area (Å²) in [6, 6.07) is 12.9. The van der Waals surface area contributed by atoms with E-state index in [0.29, 0.717) is 16.8 Å². The zero-order chi connectivity index (χ0) is 17.2. The molecule has 0 aliphatic heterocycles. The number of hydrogen-bond donors (Lipinski definition) is 2. The molecule has 1 fully saturated rings. The van der Waals surface area contributed by atoms with Gasteiger partial charge in [-0.2, -0.15) is 0 Å². The van der Waals surface area contributed by atoms with Crippen molar-refractivity contribution < 1.29 is 9.59 Å². The van der Waals surface area contributed by atoms with Gasteiger partial charge < -0.3 is 0 Å². The summed E-state index contributed by atoms with van der Waals surface area (Å²) >= 11 is 0. The second-order valence-electron chi connectivity index (χ2n) is 6.03. The van der Waals surface area contributed by atoms with E-state index in [1.54, 1.807) is 18.5 Å². The third kappa shape index (κ3) is 3.19. The molecule has 0 saturated heterocycles. The lowest BCUT2D eigenvalue weighted by Gasteiger charge is -2.11. The van der Waals surface area contributed by atoms with Gasteiger partial charge in [0.25, 0.3) is 5.91 Å². The maximum atomic E-state index is 12.6. The molecule has 1 aliphatic rings. The molecule has 2 amide bonds. The fourth-order valence-electron chi connectivity index (χ4n) is 2.66. The van der Waals surface area contributed by atoms with Crippen molar-refractivity contribution in [1.82, 2.24) is 20.8 Å². The summed E-state index contributed by atoms with van der Waals surface area (Å²) in [6.07, 6.45) is 5.15. The van der Waals surface area contributed by atoms with Crippen LogP contribution in [0.25, 0.3) is 22.2 Å². The van der Waals surface area contributed by atoms with E-state index in [4.69, 9.17) is 0 Å². The number of carbonyl (C=O) groups is 2. The second kappa shape index (κ2) is 6.32. The average molecular weight is 332 g/mol. The molecule has 0 unspecified atom stereocenters. The van der Waals surface area contributed by atoms with Crippen LogP contribution in [-0.4, -0.2) is 21.8 Å². The van der Waals surface area contributed by atoms with E-state index >= 15 is 0 Å². The lowest BCUT2D eigenvalue weighted by atomic mass is 10.0. The molecule has 6 nitrogen and oxygen atoms in total. The normalized spacial score (nSPS) is 13.4. The minimum atomic E-state index is -0.363. The molecular weight excluding hydrogens is 316 g/mol. The highest BCUT2D eigenvalue weighted by Gasteiger charge is 2.29. The molecule has 2 N–H and O–H groups in total. The molecule has 1 aromatic carbocycles. The number of benzene rings is 1. The van der Waals surface area contributed by atoms with Crippen molar-refractivity contribution in [3.8, 4) is 11.3 Å². The number of fused-ring (bicyclic) bond motifs is 1. The summed E-state index contributed by atoms with van der Waals surface area (Å²) in [4.78, 5) is 33.1. The number of pyridine rings is 2. The Morgan fingerprint density at radius 3 is 2.64 bits per heavy atom. The Labute approximate surface area is 144 Å². The van der Waals surface area contributed by atoms with Crippen LogP contribution >= 0.6 is 0 Å². The Balaban J connectivity index is 1.70. The molecule has 6 heteroatoms. The Bertz CT molecular complexity index is 952. The topological polar surface area (TPSA) is 84.0 Å². The number of rotatable bonds is 3. The first-order valence-electron chi connectivity index (χ1n) is 8.13. The molecule has 4 rings (SSSR count). The van der Waals surface area contributed by atoms with E-state index in [2.05, 4.69) is 20.8 Å². The van der Waals surface area contributed by atoms with Crippen LogP contribution in [0.1, 0.15) is 23.2 Å². The third-order valence-electron chi connectivity index (χ3n) is 4.17. The zero-order valence-electron chi connectivity index (χ0n) is 13.4. The van der Waals surface area contributed by atoms with Crippen molar-refractivity contribution >= 4 is 22.7 Å². The maximum Gasteiger partial charge on any atom is 0.270 e. The molecule has 124 valence electrons. The van der Waals surface area contributed by atoms with Gasteiger partial charge in [0.1, 0.15) is 0 Å². The van der Waals surface area contributed by atoms with Crippen LogP contribution in [0, 0.1) is 5.92 Å².